The molecule has 1 heterocycles. The summed E-state index contributed by atoms with van der Waals surface area (Å²) in [7, 11) is 2.04. The summed E-state index contributed by atoms with van der Waals surface area (Å²) < 4.78 is 2.08. The maximum Gasteiger partial charge on any atom is 0.109 e. The van der Waals surface area contributed by atoms with Crippen LogP contribution in [0, 0.1) is 20.8 Å². The minimum atomic E-state index is 0.371. The molecule has 1 aromatic carbocycles. The van der Waals surface area contributed by atoms with Crippen LogP contribution in [-0.4, -0.2) is 16.1 Å². The molecule has 2 aromatic rings. The molecule has 0 fully saturated rings. The standard InChI is InChI=1S/C17H25N3/c1-12-10-13(2)17(14(3)11-12)15(4)18-7-6-16-19-8-9-20(16)5/h8-11,15,18H,6-7H2,1-5H3. The summed E-state index contributed by atoms with van der Waals surface area (Å²) in [5.41, 5.74) is 5.51. The Kier molecular flexibility index (Phi) is 4.61. The van der Waals surface area contributed by atoms with Gasteiger partial charge in [0.2, 0.25) is 0 Å². The van der Waals surface area contributed by atoms with Gasteiger partial charge in [-0.1, -0.05) is 17.7 Å². The van der Waals surface area contributed by atoms with Gasteiger partial charge in [-0.3, -0.25) is 0 Å². The lowest BCUT2D eigenvalue weighted by Gasteiger charge is -2.20. The first-order chi connectivity index (χ1) is 9.49. The maximum absolute atomic E-state index is 4.36. The smallest absolute Gasteiger partial charge is 0.109 e. The average molecular weight is 271 g/mol. The molecule has 20 heavy (non-hydrogen) atoms. The van der Waals surface area contributed by atoms with Crippen LogP contribution in [0.2, 0.25) is 0 Å². The van der Waals surface area contributed by atoms with Crippen LogP contribution >= 0.6 is 0 Å². The Morgan fingerprint density at radius 3 is 2.40 bits per heavy atom. The van der Waals surface area contributed by atoms with Crippen LogP contribution in [-0.2, 0) is 13.5 Å². The van der Waals surface area contributed by atoms with Crippen molar-refractivity contribution in [3.8, 4) is 0 Å². The van der Waals surface area contributed by atoms with Gasteiger partial charge in [0, 0.05) is 38.4 Å². The van der Waals surface area contributed by atoms with Gasteiger partial charge in [0.05, 0.1) is 0 Å². The molecule has 0 aliphatic carbocycles. The van der Waals surface area contributed by atoms with Gasteiger partial charge in [0.15, 0.2) is 0 Å². The Labute approximate surface area is 122 Å². The number of nitrogens with one attached hydrogen (secondary N) is 1. The molecule has 0 aliphatic heterocycles. The Hall–Kier alpha value is -1.61. The molecule has 1 aromatic heterocycles. The highest BCUT2D eigenvalue weighted by Crippen LogP contribution is 2.23. The van der Waals surface area contributed by atoms with Crippen molar-refractivity contribution in [3.63, 3.8) is 0 Å². The quantitative estimate of drug-likeness (QED) is 0.904. The molecule has 0 saturated heterocycles. The predicted octanol–water partition coefficient (Wildman–Crippen LogP) is 3.24. The van der Waals surface area contributed by atoms with Gasteiger partial charge in [0.1, 0.15) is 5.82 Å². The molecule has 0 aliphatic rings. The zero-order valence-electron chi connectivity index (χ0n) is 13.2. The lowest BCUT2D eigenvalue weighted by Crippen LogP contribution is -2.23. The molecule has 108 valence electrons. The van der Waals surface area contributed by atoms with Gasteiger partial charge in [-0.25, -0.2) is 4.98 Å². The summed E-state index contributed by atoms with van der Waals surface area (Å²) in [5, 5.41) is 3.61. The molecule has 1 atom stereocenters. The second-order valence-electron chi connectivity index (χ2n) is 5.69. The van der Waals surface area contributed by atoms with Crippen LogP contribution in [0.15, 0.2) is 24.5 Å². The Balaban J connectivity index is 1.99. The molecule has 1 unspecified atom stereocenters. The van der Waals surface area contributed by atoms with Crippen molar-refractivity contribution in [2.75, 3.05) is 6.54 Å². The molecular formula is C17H25N3. The zero-order valence-corrected chi connectivity index (χ0v) is 13.2. The molecule has 3 nitrogen and oxygen atoms in total. The molecule has 3 heteroatoms. The van der Waals surface area contributed by atoms with Crippen molar-refractivity contribution in [1.82, 2.24) is 14.9 Å². The van der Waals surface area contributed by atoms with Crippen molar-refractivity contribution in [3.05, 3.63) is 52.6 Å². The van der Waals surface area contributed by atoms with E-state index in [4.69, 9.17) is 0 Å². The van der Waals surface area contributed by atoms with Gasteiger partial charge in [-0.05, 0) is 44.4 Å². The summed E-state index contributed by atoms with van der Waals surface area (Å²) in [4.78, 5) is 4.36. The topological polar surface area (TPSA) is 29.9 Å². The lowest BCUT2D eigenvalue weighted by molar-refractivity contribution is 0.560. The Morgan fingerprint density at radius 1 is 1.20 bits per heavy atom. The fourth-order valence-electron chi connectivity index (χ4n) is 3.01. The third-order valence-electron chi connectivity index (χ3n) is 3.89. The predicted molar refractivity (Wildman–Crippen MR) is 84.0 cm³/mol. The van der Waals surface area contributed by atoms with Crippen LogP contribution in [0.4, 0.5) is 0 Å². The number of rotatable bonds is 5. The van der Waals surface area contributed by atoms with Gasteiger partial charge in [-0.2, -0.15) is 0 Å². The second-order valence-corrected chi connectivity index (χ2v) is 5.69. The van der Waals surface area contributed by atoms with Crippen molar-refractivity contribution < 1.29 is 0 Å². The summed E-state index contributed by atoms with van der Waals surface area (Å²) in [6, 6.07) is 4.90. The first-order valence-electron chi connectivity index (χ1n) is 7.26. The molecule has 0 saturated carbocycles. The van der Waals surface area contributed by atoms with E-state index in [1.165, 1.54) is 22.3 Å². The third kappa shape index (κ3) is 3.28. The Morgan fingerprint density at radius 2 is 1.85 bits per heavy atom. The molecule has 1 N–H and O–H groups in total. The maximum atomic E-state index is 4.36. The van der Waals surface area contributed by atoms with Crippen LogP contribution in [0.25, 0.3) is 0 Å². The van der Waals surface area contributed by atoms with E-state index >= 15 is 0 Å². The van der Waals surface area contributed by atoms with Crippen molar-refractivity contribution in [2.24, 2.45) is 7.05 Å². The van der Waals surface area contributed by atoms with Gasteiger partial charge in [0.25, 0.3) is 0 Å². The van der Waals surface area contributed by atoms with E-state index < -0.39 is 0 Å². The van der Waals surface area contributed by atoms with E-state index in [2.05, 4.69) is 54.7 Å². The number of hydrogen-bond donors (Lipinski definition) is 1. The normalized spacial score (nSPS) is 12.7. The largest absolute Gasteiger partial charge is 0.338 e. The van der Waals surface area contributed by atoms with E-state index in [9.17, 15) is 0 Å². The number of aryl methyl sites for hydroxylation is 4. The zero-order chi connectivity index (χ0) is 14.7. The highest BCUT2D eigenvalue weighted by Gasteiger charge is 2.11. The van der Waals surface area contributed by atoms with Crippen LogP contribution in [0.1, 0.15) is 41.0 Å². The fraction of sp³-hybridized carbons (Fsp3) is 0.471. The van der Waals surface area contributed by atoms with E-state index in [1.54, 1.807) is 0 Å². The summed E-state index contributed by atoms with van der Waals surface area (Å²) >= 11 is 0. The summed E-state index contributed by atoms with van der Waals surface area (Å²) in [6.07, 6.45) is 4.80. The monoisotopic (exact) mass is 271 g/mol. The first-order valence-corrected chi connectivity index (χ1v) is 7.26. The number of imidazole rings is 1. The highest BCUT2D eigenvalue weighted by molar-refractivity contribution is 5.39. The Bertz CT molecular complexity index is 561. The number of hydrogen-bond acceptors (Lipinski definition) is 2. The third-order valence-corrected chi connectivity index (χ3v) is 3.89. The number of benzene rings is 1. The van der Waals surface area contributed by atoms with Gasteiger partial charge >= 0.3 is 0 Å². The summed E-state index contributed by atoms with van der Waals surface area (Å²) in [5.74, 6) is 1.13. The van der Waals surface area contributed by atoms with Crippen LogP contribution in [0.3, 0.4) is 0 Å². The van der Waals surface area contributed by atoms with E-state index in [-0.39, 0.29) is 0 Å². The van der Waals surface area contributed by atoms with Crippen molar-refractivity contribution in [2.45, 2.75) is 40.2 Å². The first kappa shape index (κ1) is 14.8. The van der Waals surface area contributed by atoms with E-state index in [0.717, 1.165) is 18.8 Å². The minimum Gasteiger partial charge on any atom is -0.338 e. The minimum absolute atomic E-state index is 0.371. The molecule has 0 bridgehead atoms. The molecule has 0 radical (unpaired) electrons. The second kappa shape index (κ2) is 6.23. The van der Waals surface area contributed by atoms with E-state index in [1.807, 2.05) is 19.4 Å². The molecule has 0 amide bonds. The summed E-state index contributed by atoms with van der Waals surface area (Å²) in [6.45, 7) is 9.74. The fourth-order valence-corrected chi connectivity index (χ4v) is 3.01. The van der Waals surface area contributed by atoms with Crippen molar-refractivity contribution in [1.29, 1.82) is 0 Å². The van der Waals surface area contributed by atoms with Crippen LogP contribution in [0.5, 0.6) is 0 Å². The number of aromatic nitrogens is 2. The molecule has 2 rings (SSSR count). The van der Waals surface area contributed by atoms with Crippen LogP contribution < -0.4 is 5.32 Å². The highest BCUT2D eigenvalue weighted by atomic mass is 15.0. The van der Waals surface area contributed by atoms with E-state index in [0.29, 0.717) is 6.04 Å². The number of nitrogens with zero attached hydrogens (tertiary/aromatic N) is 2. The van der Waals surface area contributed by atoms with Gasteiger partial charge in [-0.15, -0.1) is 0 Å². The average Bonchev–Trinajstić information content (AvgIpc) is 2.74. The van der Waals surface area contributed by atoms with Gasteiger partial charge < -0.3 is 9.88 Å². The van der Waals surface area contributed by atoms with Crippen molar-refractivity contribution >= 4 is 0 Å². The lowest BCUT2D eigenvalue weighted by atomic mass is 9.95. The molecule has 0 spiro atoms. The SMILES string of the molecule is Cc1cc(C)c(C(C)NCCc2nccn2C)c(C)c1. The molecular weight excluding hydrogens is 246 g/mol.